The molecule has 1 heterocycles. The molecule has 5 nitrogen and oxygen atoms in total. The molecule has 0 aliphatic heterocycles. The average molecular weight is 305 g/mol. The van der Waals surface area contributed by atoms with E-state index in [1.54, 1.807) is 43.2 Å². The van der Waals surface area contributed by atoms with Gasteiger partial charge in [-0.3, -0.25) is 9.48 Å². The van der Waals surface area contributed by atoms with E-state index in [-0.39, 0.29) is 24.7 Å². The number of hydrogen-bond acceptors (Lipinski definition) is 3. The van der Waals surface area contributed by atoms with Crippen LogP contribution in [0.1, 0.15) is 24.5 Å². The Morgan fingerprint density at radius 1 is 1.41 bits per heavy atom. The molecule has 0 radical (unpaired) electrons. The number of hydrogen-bond donors (Lipinski definition) is 2. The van der Waals surface area contributed by atoms with E-state index in [1.165, 1.54) is 12.1 Å². The highest BCUT2D eigenvalue weighted by molar-refractivity contribution is 5.76. The number of carbonyl (C=O) groups excluding carboxylic acids is 1. The van der Waals surface area contributed by atoms with Crippen molar-refractivity contribution in [3.05, 3.63) is 53.6 Å². The minimum Gasteiger partial charge on any atom is -0.383 e. The van der Waals surface area contributed by atoms with Crippen molar-refractivity contribution in [2.45, 2.75) is 25.4 Å². The van der Waals surface area contributed by atoms with E-state index in [1.807, 2.05) is 0 Å². The predicted octanol–water partition coefficient (Wildman–Crippen LogP) is 1.52. The van der Waals surface area contributed by atoms with Crippen LogP contribution in [0.15, 0.2) is 36.7 Å². The van der Waals surface area contributed by atoms with Crippen molar-refractivity contribution < 1.29 is 14.3 Å². The predicted molar refractivity (Wildman–Crippen MR) is 80.5 cm³/mol. The topological polar surface area (TPSA) is 67.2 Å². The molecule has 0 aliphatic carbocycles. The zero-order chi connectivity index (χ0) is 16.2. The summed E-state index contributed by atoms with van der Waals surface area (Å²) >= 11 is 0. The van der Waals surface area contributed by atoms with Gasteiger partial charge in [-0.05, 0) is 31.0 Å². The quantitative estimate of drug-likeness (QED) is 0.850. The lowest BCUT2D eigenvalue weighted by Gasteiger charge is -2.22. The van der Waals surface area contributed by atoms with Crippen LogP contribution in [-0.4, -0.2) is 27.3 Å². The molecule has 2 rings (SSSR count). The first-order chi connectivity index (χ1) is 10.4. The molecule has 118 valence electrons. The number of nitrogens with zero attached hydrogens (tertiary/aromatic N) is 2. The standard InChI is InChI=1S/C16H20FN3O2/c1-16(22,13-9-19-20(2)10-13)11-18-15(21)8-5-12-3-6-14(17)7-4-12/h3-4,6-7,9-10,22H,5,8,11H2,1-2H3,(H,18,21). The molecule has 0 spiro atoms. The number of aliphatic hydroxyl groups is 1. The van der Waals surface area contributed by atoms with Gasteiger partial charge in [-0.15, -0.1) is 0 Å². The van der Waals surface area contributed by atoms with Gasteiger partial charge < -0.3 is 10.4 Å². The number of halogens is 1. The fourth-order valence-electron chi connectivity index (χ4n) is 2.07. The SMILES string of the molecule is Cn1cc(C(C)(O)CNC(=O)CCc2ccc(F)cc2)cn1. The van der Waals surface area contributed by atoms with Gasteiger partial charge in [0.25, 0.3) is 0 Å². The first-order valence-corrected chi connectivity index (χ1v) is 7.09. The molecule has 0 saturated carbocycles. The summed E-state index contributed by atoms with van der Waals surface area (Å²) in [4.78, 5) is 11.8. The van der Waals surface area contributed by atoms with Crippen LogP contribution < -0.4 is 5.32 Å². The number of aryl methyl sites for hydroxylation is 2. The smallest absolute Gasteiger partial charge is 0.220 e. The van der Waals surface area contributed by atoms with E-state index in [0.29, 0.717) is 12.0 Å². The molecule has 1 atom stereocenters. The third-order valence-corrected chi connectivity index (χ3v) is 3.51. The van der Waals surface area contributed by atoms with Crippen LogP contribution in [0.4, 0.5) is 4.39 Å². The van der Waals surface area contributed by atoms with E-state index in [4.69, 9.17) is 0 Å². The maximum absolute atomic E-state index is 12.8. The van der Waals surface area contributed by atoms with Crippen molar-refractivity contribution in [3.8, 4) is 0 Å². The lowest BCUT2D eigenvalue weighted by molar-refractivity contribution is -0.122. The van der Waals surface area contributed by atoms with Gasteiger partial charge in [0.15, 0.2) is 0 Å². The molecule has 1 amide bonds. The molecule has 6 heteroatoms. The van der Waals surface area contributed by atoms with Crippen molar-refractivity contribution in [2.75, 3.05) is 6.54 Å². The van der Waals surface area contributed by atoms with Crippen molar-refractivity contribution in [1.29, 1.82) is 0 Å². The number of aromatic nitrogens is 2. The number of nitrogens with one attached hydrogen (secondary N) is 1. The van der Waals surface area contributed by atoms with Gasteiger partial charge in [0, 0.05) is 25.2 Å². The summed E-state index contributed by atoms with van der Waals surface area (Å²) < 4.78 is 14.4. The average Bonchev–Trinajstić information content (AvgIpc) is 2.92. The van der Waals surface area contributed by atoms with Gasteiger partial charge in [0.2, 0.25) is 5.91 Å². The van der Waals surface area contributed by atoms with E-state index in [9.17, 15) is 14.3 Å². The fourth-order valence-corrected chi connectivity index (χ4v) is 2.07. The van der Waals surface area contributed by atoms with E-state index in [2.05, 4.69) is 10.4 Å². The lowest BCUT2D eigenvalue weighted by Crippen LogP contribution is -2.38. The minimum atomic E-state index is -1.17. The Labute approximate surface area is 128 Å². The van der Waals surface area contributed by atoms with Crippen molar-refractivity contribution >= 4 is 5.91 Å². The van der Waals surface area contributed by atoms with E-state index < -0.39 is 5.60 Å². The normalized spacial score (nSPS) is 13.6. The highest BCUT2D eigenvalue weighted by Gasteiger charge is 2.25. The summed E-state index contributed by atoms with van der Waals surface area (Å²) in [6.45, 7) is 1.74. The first-order valence-electron chi connectivity index (χ1n) is 7.09. The monoisotopic (exact) mass is 305 g/mol. The second-order valence-electron chi connectivity index (χ2n) is 5.58. The molecule has 0 fully saturated rings. The lowest BCUT2D eigenvalue weighted by atomic mass is 9.99. The number of amides is 1. The van der Waals surface area contributed by atoms with Crippen molar-refractivity contribution in [1.82, 2.24) is 15.1 Å². The van der Waals surface area contributed by atoms with Gasteiger partial charge in [-0.2, -0.15) is 5.10 Å². The van der Waals surface area contributed by atoms with Gasteiger partial charge in [-0.25, -0.2) is 4.39 Å². The molecule has 22 heavy (non-hydrogen) atoms. The van der Waals surface area contributed by atoms with Gasteiger partial charge in [0.05, 0.1) is 12.7 Å². The summed E-state index contributed by atoms with van der Waals surface area (Å²) in [5.74, 6) is -0.450. The maximum atomic E-state index is 12.8. The van der Waals surface area contributed by atoms with Crippen LogP contribution in [0, 0.1) is 5.82 Å². The highest BCUT2D eigenvalue weighted by atomic mass is 19.1. The molecule has 1 unspecified atom stereocenters. The molecule has 2 aromatic rings. The Bertz CT molecular complexity index is 635. The molecular weight excluding hydrogens is 285 g/mol. The number of rotatable bonds is 6. The fraction of sp³-hybridized carbons (Fsp3) is 0.375. The summed E-state index contributed by atoms with van der Waals surface area (Å²) in [5.41, 5.74) is 0.379. The van der Waals surface area contributed by atoms with Crippen LogP contribution in [-0.2, 0) is 23.9 Å². The first kappa shape index (κ1) is 16.2. The van der Waals surface area contributed by atoms with Crippen LogP contribution in [0.25, 0.3) is 0 Å². The summed E-state index contributed by atoms with van der Waals surface area (Å²) in [6, 6.07) is 6.07. The minimum absolute atomic E-state index is 0.112. The number of benzene rings is 1. The largest absolute Gasteiger partial charge is 0.383 e. The van der Waals surface area contributed by atoms with Crippen LogP contribution >= 0.6 is 0 Å². The molecule has 1 aromatic heterocycles. The van der Waals surface area contributed by atoms with E-state index >= 15 is 0 Å². The summed E-state index contributed by atoms with van der Waals surface area (Å²) in [7, 11) is 1.76. The van der Waals surface area contributed by atoms with Gasteiger partial charge in [0.1, 0.15) is 11.4 Å². The van der Waals surface area contributed by atoms with Crippen molar-refractivity contribution in [2.24, 2.45) is 7.05 Å². The maximum Gasteiger partial charge on any atom is 0.220 e. The third kappa shape index (κ3) is 4.39. The zero-order valence-corrected chi connectivity index (χ0v) is 12.7. The Morgan fingerprint density at radius 3 is 2.68 bits per heavy atom. The third-order valence-electron chi connectivity index (χ3n) is 3.51. The molecule has 2 N–H and O–H groups in total. The Balaban J connectivity index is 1.81. The van der Waals surface area contributed by atoms with Crippen molar-refractivity contribution in [3.63, 3.8) is 0 Å². The van der Waals surface area contributed by atoms with Crippen LogP contribution in [0.3, 0.4) is 0 Å². The molecule has 0 aliphatic rings. The second kappa shape index (κ2) is 6.70. The molecule has 0 saturated heterocycles. The highest BCUT2D eigenvalue weighted by Crippen LogP contribution is 2.18. The Hall–Kier alpha value is -2.21. The molecule has 1 aromatic carbocycles. The zero-order valence-electron chi connectivity index (χ0n) is 12.7. The Kier molecular flexibility index (Phi) is 4.92. The summed E-state index contributed by atoms with van der Waals surface area (Å²) in [6.07, 6.45) is 4.10. The van der Waals surface area contributed by atoms with Crippen LogP contribution in [0.2, 0.25) is 0 Å². The summed E-state index contributed by atoms with van der Waals surface area (Å²) in [5, 5.41) is 17.1. The second-order valence-corrected chi connectivity index (χ2v) is 5.58. The van der Waals surface area contributed by atoms with E-state index in [0.717, 1.165) is 5.56 Å². The number of carbonyl (C=O) groups is 1. The molecular formula is C16H20FN3O2. The Morgan fingerprint density at radius 2 is 2.09 bits per heavy atom. The molecule has 0 bridgehead atoms. The van der Waals surface area contributed by atoms with Gasteiger partial charge in [-0.1, -0.05) is 12.1 Å². The van der Waals surface area contributed by atoms with Gasteiger partial charge >= 0.3 is 0 Å². The van der Waals surface area contributed by atoms with Crippen LogP contribution in [0.5, 0.6) is 0 Å².